The number of allylic oxidation sites excluding steroid dienone is 1. The lowest BCUT2D eigenvalue weighted by atomic mass is 10.0. The first-order valence-corrected chi connectivity index (χ1v) is 7.58. The number of rotatable bonds is 1. The van der Waals surface area contributed by atoms with E-state index < -0.39 is 0 Å². The van der Waals surface area contributed by atoms with Gasteiger partial charge >= 0.3 is 0 Å². The summed E-state index contributed by atoms with van der Waals surface area (Å²) in [5.41, 5.74) is 3.17. The van der Waals surface area contributed by atoms with Crippen LogP contribution in [0.2, 0.25) is 0 Å². The fourth-order valence-electron chi connectivity index (χ4n) is 3.31. The van der Waals surface area contributed by atoms with Gasteiger partial charge in [-0.25, -0.2) is 0 Å². The predicted molar refractivity (Wildman–Crippen MR) is 88.8 cm³/mol. The van der Waals surface area contributed by atoms with Crippen molar-refractivity contribution >= 4 is 29.2 Å². The van der Waals surface area contributed by atoms with Gasteiger partial charge in [0, 0.05) is 44.8 Å². The number of piperazine rings is 1. The molecule has 1 unspecified atom stereocenters. The van der Waals surface area contributed by atoms with Gasteiger partial charge in [-0.3, -0.25) is 9.79 Å². The topological polar surface area (TPSA) is 51.2 Å². The first-order chi connectivity index (χ1) is 10.8. The van der Waals surface area contributed by atoms with Gasteiger partial charge in [-0.05, 0) is 24.3 Å². The zero-order chi connectivity index (χ0) is 15.1. The van der Waals surface area contributed by atoms with E-state index in [2.05, 4.69) is 38.3 Å². The molecule has 1 fully saturated rings. The van der Waals surface area contributed by atoms with Crippen LogP contribution in [0, 0.1) is 0 Å². The van der Waals surface area contributed by atoms with Crippen molar-refractivity contribution in [3.05, 3.63) is 30.5 Å². The third-order valence-corrected chi connectivity index (χ3v) is 4.51. The van der Waals surface area contributed by atoms with Gasteiger partial charge < -0.3 is 20.0 Å². The first-order valence-electron chi connectivity index (χ1n) is 7.58. The van der Waals surface area contributed by atoms with Crippen LogP contribution in [0.15, 0.2) is 35.5 Å². The van der Waals surface area contributed by atoms with E-state index in [1.807, 2.05) is 19.3 Å². The van der Waals surface area contributed by atoms with Crippen LogP contribution >= 0.6 is 0 Å². The Morgan fingerprint density at radius 2 is 2.23 bits per heavy atom. The van der Waals surface area contributed by atoms with E-state index in [-0.39, 0.29) is 11.9 Å². The van der Waals surface area contributed by atoms with Crippen LogP contribution in [-0.4, -0.2) is 51.5 Å². The Kier molecular flexibility index (Phi) is 3.11. The molecule has 3 aliphatic rings. The lowest BCUT2D eigenvalue weighted by Gasteiger charge is -2.44. The number of hydrogen-bond donors (Lipinski definition) is 1. The SMILES string of the molecule is CN1C(=O)C2CNCCN2c2ccc(N3C=CC=NC3)cc21. The first kappa shape index (κ1) is 13.3. The number of benzene rings is 1. The second-order valence-corrected chi connectivity index (χ2v) is 5.77. The number of likely N-dealkylation sites (N-methyl/N-ethyl adjacent to an activating group) is 1. The summed E-state index contributed by atoms with van der Waals surface area (Å²) in [6, 6.07) is 6.22. The summed E-state index contributed by atoms with van der Waals surface area (Å²) in [4.78, 5) is 22.9. The summed E-state index contributed by atoms with van der Waals surface area (Å²) in [5.74, 6) is 0.157. The third kappa shape index (κ3) is 1.99. The highest BCUT2D eigenvalue weighted by Crippen LogP contribution is 2.38. The number of anilines is 3. The van der Waals surface area contributed by atoms with Crippen LogP contribution in [0.3, 0.4) is 0 Å². The van der Waals surface area contributed by atoms with E-state index in [9.17, 15) is 4.79 Å². The molecule has 6 nitrogen and oxygen atoms in total. The van der Waals surface area contributed by atoms with Crippen molar-refractivity contribution in [2.45, 2.75) is 6.04 Å². The number of carbonyl (C=O) groups is 1. The Bertz CT molecular complexity index is 669. The average molecular weight is 297 g/mol. The molecule has 1 atom stereocenters. The van der Waals surface area contributed by atoms with Gasteiger partial charge in [-0.1, -0.05) is 0 Å². The van der Waals surface area contributed by atoms with Crippen molar-refractivity contribution in [2.75, 3.05) is 48.1 Å². The number of amides is 1. The van der Waals surface area contributed by atoms with Crippen LogP contribution in [0.25, 0.3) is 0 Å². The van der Waals surface area contributed by atoms with Crippen molar-refractivity contribution in [3.8, 4) is 0 Å². The molecule has 0 bridgehead atoms. The molecule has 6 heteroatoms. The summed E-state index contributed by atoms with van der Waals surface area (Å²) >= 11 is 0. The molecule has 0 spiro atoms. The Balaban J connectivity index is 1.74. The fraction of sp³-hybridized carbons (Fsp3) is 0.375. The van der Waals surface area contributed by atoms with Gasteiger partial charge in [-0.15, -0.1) is 0 Å². The minimum Gasteiger partial charge on any atom is -0.355 e. The van der Waals surface area contributed by atoms with E-state index in [0.29, 0.717) is 13.2 Å². The molecular weight excluding hydrogens is 278 g/mol. The maximum Gasteiger partial charge on any atom is 0.250 e. The molecule has 1 N–H and O–H groups in total. The molecule has 1 aromatic rings. The number of nitrogens with zero attached hydrogens (tertiary/aromatic N) is 4. The van der Waals surface area contributed by atoms with E-state index in [0.717, 1.165) is 30.2 Å². The number of nitrogens with one attached hydrogen (secondary N) is 1. The molecule has 0 aliphatic carbocycles. The lowest BCUT2D eigenvalue weighted by molar-refractivity contribution is -0.120. The minimum absolute atomic E-state index is 0.0865. The van der Waals surface area contributed by atoms with Crippen molar-refractivity contribution in [2.24, 2.45) is 4.99 Å². The quantitative estimate of drug-likeness (QED) is 0.833. The van der Waals surface area contributed by atoms with Crippen LogP contribution in [0.4, 0.5) is 17.1 Å². The molecule has 0 aromatic heterocycles. The van der Waals surface area contributed by atoms with E-state index in [4.69, 9.17) is 0 Å². The monoisotopic (exact) mass is 297 g/mol. The van der Waals surface area contributed by atoms with Crippen LogP contribution in [0.5, 0.6) is 0 Å². The Labute approximate surface area is 129 Å². The minimum atomic E-state index is -0.0865. The van der Waals surface area contributed by atoms with E-state index in [1.54, 1.807) is 11.1 Å². The number of hydrogen-bond acceptors (Lipinski definition) is 5. The summed E-state index contributed by atoms with van der Waals surface area (Å²) in [5, 5.41) is 3.31. The standard InChI is InChI=1S/C16H19N5O/c1-19-14-9-12(20-7-2-5-18-11-20)3-4-13(14)21-8-6-17-10-15(21)16(19)22/h2-5,7,9,15,17H,6,8,10-11H2,1H3. The highest BCUT2D eigenvalue weighted by molar-refractivity contribution is 6.06. The highest BCUT2D eigenvalue weighted by atomic mass is 16.2. The van der Waals surface area contributed by atoms with Crippen LogP contribution in [0.1, 0.15) is 0 Å². The van der Waals surface area contributed by atoms with Gasteiger partial charge in [0.15, 0.2) is 0 Å². The smallest absolute Gasteiger partial charge is 0.250 e. The molecule has 0 saturated carbocycles. The molecule has 4 rings (SSSR count). The largest absolute Gasteiger partial charge is 0.355 e. The fourth-order valence-corrected chi connectivity index (χ4v) is 3.31. The van der Waals surface area contributed by atoms with Crippen LogP contribution in [-0.2, 0) is 4.79 Å². The zero-order valence-corrected chi connectivity index (χ0v) is 12.6. The maximum atomic E-state index is 12.6. The Hall–Kier alpha value is -2.34. The Morgan fingerprint density at radius 3 is 3.05 bits per heavy atom. The van der Waals surface area contributed by atoms with Crippen molar-refractivity contribution in [3.63, 3.8) is 0 Å². The average Bonchev–Trinajstić information content (AvgIpc) is 2.60. The number of carbonyl (C=O) groups excluding carboxylic acids is 1. The van der Waals surface area contributed by atoms with Gasteiger partial charge in [0.2, 0.25) is 0 Å². The van der Waals surface area contributed by atoms with E-state index in [1.165, 1.54) is 0 Å². The molecule has 1 amide bonds. The summed E-state index contributed by atoms with van der Waals surface area (Å²) < 4.78 is 0. The lowest BCUT2D eigenvalue weighted by Crippen LogP contribution is -2.61. The van der Waals surface area contributed by atoms with Crippen molar-refractivity contribution in [1.82, 2.24) is 5.32 Å². The molecule has 1 aromatic carbocycles. The molecule has 0 radical (unpaired) electrons. The van der Waals surface area contributed by atoms with E-state index >= 15 is 0 Å². The van der Waals surface area contributed by atoms with Crippen molar-refractivity contribution < 1.29 is 4.79 Å². The zero-order valence-electron chi connectivity index (χ0n) is 12.6. The second-order valence-electron chi connectivity index (χ2n) is 5.77. The molecule has 3 aliphatic heterocycles. The molecule has 3 heterocycles. The highest BCUT2D eigenvalue weighted by Gasteiger charge is 2.37. The molecule has 114 valence electrons. The number of aliphatic imine (C=N–C) groups is 1. The Morgan fingerprint density at radius 1 is 1.32 bits per heavy atom. The maximum absolute atomic E-state index is 12.6. The van der Waals surface area contributed by atoms with Crippen molar-refractivity contribution in [1.29, 1.82) is 0 Å². The van der Waals surface area contributed by atoms with Crippen LogP contribution < -0.4 is 20.0 Å². The predicted octanol–water partition coefficient (Wildman–Crippen LogP) is 0.803. The van der Waals surface area contributed by atoms with Gasteiger partial charge in [0.1, 0.15) is 12.7 Å². The van der Waals surface area contributed by atoms with Gasteiger partial charge in [-0.2, -0.15) is 0 Å². The summed E-state index contributed by atoms with van der Waals surface area (Å²) in [7, 11) is 1.86. The summed E-state index contributed by atoms with van der Waals surface area (Å²) in [6.45, 7) is 3.11. The molecular formula is C16H19N5O. The number of fused-ring (bicyclic) bond motifs is 3. The molecule has 22 heavy (non-hydrogen) atoms. The van der Waals surface area contributed by atoms with Gasteiger partial charge in [0.05, 0.1) is 11.4 Å². The summed E-state index contributed by atoms with van der Waals surface area (Å²) in [6.07, 6.45) is 5.73. The molecule has 1 saturated heterocycles. The normalized spacial score (nSPS) is 23.6. The second kappa shape index (κ2) is 5.14. The van der Waals surface area contributed by atoms with Gasteiger partial charge in [0.25, 0.3) is 5.91 Å². The third-order valence-electron chi connectivity index (χ3n) is 4.51.